The fourth-order valence-electron chi connectivity index (χ4n) is 2.23. The Morgan fingerprint density at radius 3 is 3.12 bits per heavy atom. The summed E-state index contributed by atoms with van der Waals surface area (Å²) in [5.74, 6) is 0.573. The summed E-state index contributed by atoms with van der Waals surface area (Å²) in [7, 11) is 0. The van der Waals surface area contributed by atoms with Crippen LogP contribution in [0.25, 0.3) is 0 Å². The minimum absolute atomic E-state index is 0.0410. The van der Waals surface area contributed by atoms with Crippen molar-refractivity contribution in [2.45, 2.75) is 5.41 Å². The summed E-state index contributed by atoms with van der Waals surface area (Å²) in [6.07, 6.45) is 5.43. The van der Waals surface area contributed by atoms with Gasteiger partial charge in [0.1, 0.15) is 11.2 Å². The van der Waals surface area contributed by atoms with E-state index in [1.165, 1.54) is 0 Å². The second kappa shape index (κ2) is 3.30. The van der Waals surface area contributed by atoms with E-state index in [0.29, 0.717) is 17.4 Å². The maximum absolute atomic E-state index is 12.0. The number of pyridine rings is 1. The lowest BCUT2D eigenvalue weighted by atomic mass is 9.80. The lowest BCUT2D eigenvalue weighted by molar-refractivity contribution is -0.119. The first-order valence-electron chi connectivity index (χ1n) is 5.08. The maximum atomic E-state index is 12.0. The molecule has 2 N–H and O–H groups in total. The van der Waals surface area contributed by atoms with Crippen molar-refractivity contribution in [2.24, 2.45) is 0 Å². The summed E-state index contributed by atoms with van der Waals surface area (Å²) in [4.78, 5) is 16.2. The van der Waals surface area contributed by atoms with Crippen LogP contribution in [0.5, 0.6) is 0 Å². The highest BCUT2D eigenvalue weighted by Crippen LogP contribution is 2.39. The average Bonchev–Trinajstić information content (AvgIpc) is 2.55. The molecule has 2 aliphatic rings. The van der Waals surface area contributed by atoms with E-state index in [-0.39, 0.29) is 5.91 Å². The van der Waals surface area contributed by atoms with Gasteiger partial charge in [0.25, 0.3) is 0 Å². The predicted molar refractivity (Wildman–Crippen MR) is 61.6 cm³/mol. The Kier molecular flexibility index (Phi) is 2.02. The molecule has 0 radical (unpaired) electrons. The van der Waals surface area contributed by atoms with Crippen molar-refractivity contribution in [3.8, 4) is 0 Å². The number of nitrogens with one attached hydrogen (secondary N) is 2. The van der Waals surface area contributed by atoms with Gasteiger partial charge in [0.15, 0.2) is 0 Å². The van der Waals surface area contributed by atoms with Gasteiger partial charge in [0.05, 0.1) is 5.02 Å². The SMILES string of the molecule is O=C1Nc2ncc(Cl)cc2[C@@]12C=CCNC2. The van der Waals surface area contributed by atoms with Gasteiger partial charge in [-0.05, 0) is 6.07 Å². The van der Waals surface area contributed by atoms with E-state index in [1.54, 1.807) is 12.3 Å². The van der Waals surface area contributed by atoms with Crippen LogP contribution >= 0.6 is 11.6 Å². The quantitative estimate of drug-likeness (QED) is 0.662. The average molecular weight is 236 g/mol. The Morgan fingerprint density at radius 2 is 2.38 bits per heavy atom. The first-order valence-corrected chi connectivity index (χ1v) is 5.46. The first-order chi connectivity index (χ1) is 7.72. The molecule has 1 aromatic rings. The monoisotopic (exact) mass is 235 g/mol. The number of aromatic nitrogens is 1. The zero-order valence-electron chi connectivity index (χ0n) is 8.46. The highest BCUT2D eigenvalue weighted by molar-refractivity contribution is 6.30. The molecule has 0 saturated heterocycles. The predicted octanol–water partition coefficient (Wildman–Crippen LogP) is 1.08. The van der Waals surface area contributed by atoms with Gasteiger partial charge in [-0.15, -0.1) is 0 Å². The molecule has 1 atom stereocenters. The number of amides is 1. The Morgan fingerprint density at radius 1 is 1.50 bits per heavy atom. The van der Waals surface area contributed by atoms with E-state index in [2.05, 4.69) is 15.6 Å². The fraction of sp³-hybridized carbons (Fsp3) is 0.273. The highest BCUT2D eigenvalue weighted by Gasteiger charge is 2.46. The van der Waals surface area contributed by atoms with Crippen LogP contribution in [0.15, 0.2) is 24.4 Å². The number of halogens is 1. The molecule has 1 spiro atoms. The van der Waals surface area contributed by atoms with Gasteiger partial charge in [-0.1, -0.05) is 23.8 Å². The van der Waals surface area contributed by atoms with E-state index in [1.807, 2.05) is 12.2 Å². The lowest BCUT2D eigenvalue weighted by Gasteiger charge is -2.26. The Hall–Kier alpha value is -1.39. The summed E-state index contributed by atoms with van der Waals surface area (Å²) in [6.45, 7) is 1.38. The van der Waals surface area contributed by atoms with Crippen LogP contribution in [0, 0.1) is 0 Å². The number of nitrogens with zero attached hydrogens (tertiary/aromatic N) is 1. The standard InChI is InChI=1S/C11H10ClN3O/c12-7-4-8-9(14-5-7)15-10(16)11(8)2-1-3-13-6-11/h1-2,4-5,13H,3,6H2,(H,14,15,16)/t11-/m0/s1. The summed E-state index contributed by atoms with van der Waals surface area (Å²) >= 11 is 5.93. The second-order valence-corrected chi connectivity index (χ2v) is 4.44. The molecule has 5 heteroatoms. The molecule has 1 amide bonds. The van der Waals surface area contributed by atoms with Crippen LogP contribution in [0.1, 0.15) is 5.56 Å². The summed E-state index contributed by atoms with van der Waals surface area (Å²) < 4.78 is 0. The Labute approximate surface area is 97.7 Å². The number of hydrogen-bond donors (Lipinski definition) is 2. The van der Waals surface area contributed by atoms with Gasteiger partial charge < -0.3 is 10.6 Å². The smallest absolute Gasteiger partial charge is 0.241 e. The normalized spacial score (nSPS) is 26.9. The van der Waals surface area contributed by atoms with Crippen molar-refractivity contribution in [3.05, 3.63) is 35.0 Å². The Bertz CT molecular complexity index is 500. The molecule has 0 unspecified atom stereocenters. The van der Waals surface area contributed by atoms with Crippen LogP contribution in [0.4, 0.5) is 5.82 Å². The third kappa shape index (κ3) is 1.20. The van der Waals surface area contributed by atoms with Gasteiger partial charge in [-0.25, -0.2) is 4.98 Å². The topological polar surface area (TPSA) is 54.0 Å². The van der Waals surface area contributed by atoms with E-state index in [4.69, 9.17) is 11.6 Å². The number of carbonyl (C=O) groups is 1. The van der Waals surface area contributed by atoms with Crippen molar-refractivity contribution in [3.63, 3.8) is 0 Å². The van der Waals surface area contributed by atoms with Crippen LogP contribution in [0.2, 0.25) is 5.02 Å². The Balaban J connectivity index is 2.21. The third-order valence-electron chi connectivity index (χ3n) is 3.04. The van der Waals surface area contributed by atoms with Crippen molar-refractivity contribution in [1.82, 2.24) is 10.3 Å². The largest absolute Gasteiger partial charge is 0.312 e. The minimum Gasteiger partial charge on any atom is -0.312 e. The molecule has 1 aromatic heterocycles. The van der Waals surface area contributed by atoms with Crippen LogP contribution < -0.4 is 10.6 Å². The molecule has 3 heterocycles. The van der Waals surface area contributed by atoms with Crippen LogP contribution in [-0.4, -0.2) is 24.0 Å². The number of carbonyl (C=O) groups excluding carboxylic acids is 1. The van der Waals surface area contributed by atoms with E-state index < -0.39 is 5.41 Å². The first kappa shape index (κ1) is 9.81. The second-order valence-electron chi connectivity index (χ2n) is 4.01. The van der Waals surface area contributed by atoms with E-state index in [9.17, 15) is 4.79 Å². The molecule has 0 aromatic carbocycles. The van der Waals surface area contributed by atoms with Gasteiger partial charge in [-0.3, -0.25) is 4.79 Å². The summed E-state index contributed by atoms with van der Waals surface area (Å²) in [6, 6.07) is 1.80. The van der Waals surface area contributed by atoms with Crippen molar-refractivity contribution in [2.75, 3.05) is 18.4 Å². The molecule has 2 aliphatic heterocycles. The van der Waals surface area contributed by atoms with E-state index >= 15 is 0 Å². The highest BCUT2D eigenvalue weighted by atomic mass is 35.5. The van der Waals surface area contributed by atoms with Gasteiger partial charge >= 0.3 is 0 Å². The number of anilines is 1. The molecule has 0 aliphatic carbocycles. The minimum atomic E-state index is -0.633. The molecule has 4 nitrogen and oxygen atoms in total. The van der Waals surface area contributed by atoms with Crippen LogP contribution in [-0.2, 0) is 10.2 Å². The number of fused-ring (bicyclic) bond motifs is 2. The molecule has 0 bridgehead atoms. The zero-order chi connectivity index (χ0) is 11.2. The molecule has 0 fully saturated rings. The maximum Gasteiger partial charge on any atom is 0.241 e. The fourth-order valence-corrected chi connectivity index (χ4v) is 2.39. The molecule has 3 rings (SSSR count). The molecule has 0 saturated carbocycles. The lowest BCUT2D eigenvalue weighted by Crippen LogP contribution is -2.45. The summed E-state index contributed by atoms with van der Waals surface area (Å²) in [5, 5.41) is 6.52. The van der Waals surface area contributed by atoms with Crippen molar-refractivity contribution in [1.29, 1.82) is 0 Å². The van der Waals surface area contributed by atoms with Crippen molar-refractivity contribution < 1.29 is 4.79 Å². The molecular formula is C11H10ClN3O. The van der Waals surface area contributed by atoms with Crippen molar-refractivity contribution >= 4 is 23.3 Å². The summed E-state index contributed by atoms with van der Waals surface area (Å²) in [5.41, 5.74) is 0.222. The van der Waals surface area contributed by atoms with Gasteiger partial charge in [0, 0.05) is 24.8 Å². The molecular weight excluding hydrogens is 226 g/mol. The van der Waals surface area contributed by atoms with Crippen LogP contribution in [0.3, 0.4) is 0 Å². The molecule has 16 heavy (non-hydrogen) atoms. The van der Waals surface area contributed by atoms with Gasteiger partial charge in [-0.2, -0.15) is 0 Å². The van der Waals surface area contributed by atoms with Gasteiger partial charge in [0.2, 0.25) is 5.91 Å². The molecule has 82 valence electrons. The number of hydrogen-bond acceptors (Lipinski definition) is 3. The third-order valence-corrected chi connectivity index (χ3v) is 3.25. The van der Waals surface area contributed by atoms with E-state index in [0.717, 1.165) is 12.1 Å². The zero-order valence-corrected chi connectivity index (χ0v) is 9.21. The number of rotatable bonds is 0.